The lowest BCUT2D eigenvalue weighted by Gasteiger charge is -1.96. The lowest BCUT2D eigenvalue weighted by atomic mass is 10.1. The van der Waals surface area contributed by atoms with Crippen LogP contribution in [0.4, 0.5) is 11.4 Å². The van der Waals surface area contributed by atoms with Crippen LogP contribution in [0.1, 0.15) is 10.4 Å². The molecule has 0 aliphatic heterocycles. The fourth-order valence-corrected chi connectivity index (χ4v) is 0.827. The summed E-state index contributed by atoms with van der Waals surface area (Å²) in [6.45, 7) is 0. The van der Waals surface area contributed by atoms with E-state index in [4.69, 9.17) is 5.73 Å². The smallest absolute Gasteiger partial charge is 0.248 e. The molecule has 6 nitrogen and oxygen atoms in total. The van der Waals surface area contributed by atoms with E-state index in [0.717, 1.165) is 6.07 Å². The number of nitrogens with zero attached hydrogens (tertiary/aromatic N) is 2. The average molecular weight is 179 g/mol. The van der Waals surface area contributed by atoms with E-state index in [2.05, 4.69) is 10.4 Å². The zero-order chi connectivity index (χ0) is 9.84. The monoisotopic (exact) mass is 179 g/mol. The van der Waals surface area contributed by atoms with E-state index in [-0.39, 0.29) is 16.9 Å². The Kier molecular flexibility index (Phi) is 2.44. The molecule has 0 atom stereocenters. The second kappa shape index (κ2) is 3.53. The van der Waals surface area contributed by atoms with E-state index in [1.54, 1.807) is 0 Å². The third-order valence-corrected chi connectivity index (χ3v) is 1.46. The molecule has 1 rings (SSSR count). The summed E-state index contributed by atoms with van der Waals surface area (Å²) < 4.78 is 0. The molecular formula is C7H5N3O3. The fraction of sp³-hybridized carbons (Fsp3) is 0. The fourth-order valence-electron chi connectivity index (χ4n) is 0.827. The number of nitroso groups, excluding NO2 is 2. The molecule has 0 heterocycles. The van der Waals surface area contributed by atoms with Gasteiger partial charge in [-0.15, -0.1) is 9.81 Å². The molecule has 0 aliphatic carbocycles. The summed E-state index contributed by atoms with van der Waals surface area (Å²) in [6.07, 6.45) is 0. The maximum absolute atomic E-state index is 10.6. The lowest BCUT2D eigenvalue weighted by molar-refractivity contribution is 0.100. The van der Waals surface area contributed by atoms with Gasteiger partial charge in [-0.05, 0) is 28.6 Å². The van der Waals surface area contributed by atoms with Gasteiger partial charge >= 0.3 is 0 Å². The van der Waals surface area contributed by atoms with E-state index in [1.165, 1.54) is 12.1 Å². The summed E-state index contributed by atoms with van der Waals surface area (Å²) in [5.74, 6) is -0.692. The van der Waals surface area contributed by atoms with Crippen LogP contribution in [0, 0.1) is 9.81 Å². The van der Waals surface area contributed by atoms with Crippen molar-refractivity contribution in [1.82, 2.24) is 0 Å². The normalized spacial score (nSPS) is 9.23. The molecule has 1 amide bonds. The highest BCUT2D eigenvalue weighted by Crippen LogP contribution is 2.28. The number of primary amides is 1. The molecule has 13 heavy (non-hydrogen) atoms. The minimum absolute atomic E-state index is 0.111. The third-order valence-electron chi connectivity index (χ3n) is 1.46. The SMILES string of the molecule is NC(=O)c1ccc(N=O)c(N=O)c1. The molecule has 0 bridgehead atoms. The molecule has 1 aromatic carbocycles. The Morgan fingerprint density at radius 2 is 1.77 bits per heavy atom. The van der Waals surface area contributed by atoms with Crippen LogP contribution >= 0.6 is 0 Å². The van der Waals surface area contributed by atoms with E-state index in [1.807, 2.05) is 0 Å². The van der Waals surface area contributed by atoms with Gasteiger partial charge in [-0.3, -0.25) is 4.79 Å². The Hall–Kier alpha value is -2.11. The van der Waals surface area contributed by atoms with Crippen LogP contribution in [0.2, 0.25) is 0 Å². The number of amides is 1. The molecule has 66 valence electrons. The van der Waals surface area contributed by atoms with Crippen molar-refractivity contribution < 1.29 is 4.79 Å². The quantitative estimate of drug-likeness (QED) is 0.712. The predicted molar refractivity (Wildman–Crippen MR) is 45.9 cm³/mol. The highest BCUT2D eigenvalue weighted by Gasteiger charge is 2.07. The largest absolute Gasteiger partial charge is 0.366 e. The molecular weight excluding hydrogens is 174 g/mol. The molecule has 1 aromatic rings. The molecule has 0 aliphatic rings. The van der Waals surface area contributed by atoms with Crippen molar-refractivity contribution in [3.8, 4) is 0 Å². The Bertz CT molecular complexity index is 375. The number of nitrogens with two attached hydrogens (primary N) is 1. The van der Waals surface area contributed by atoms with Gasteiger partial charge in [0.25, 0.3) is 0 Å². The van der Waals surface area contributed by atoms with Crippen molar-refractivity contribution in [3.05, 3.63) is 33.6 Å². The van der Waals surface area contributed by atoms with Crippen molar-refractivity contribution in [2.24, 2.45) is 16.1 Å². The van der Waals surface area contributed by atoms with E-state index in [9.17, 15) is 14.6 Å². The Balaban J connectivity index is 3.28. The van der Waals surface area contributed by atoms with Gasteiger partial charge in [-0.1, -0.05) is 0 Å². The molecule has 0 aromatic heterocycles. The third kappa shape index (κ3) is 1.73. The number of rotatable bonds is 3. The van der Waals surface area contributed by atoms with Crippen LogP contribution in [-0.2, 0) is 0 Å². The van der Waals surface area contributed by atoms with Crippen LogP contribution in [-0.4, -0.2) is 5.91 Å². The minimum atomic E-state index is -0.692. The second-order valence-electron chi connectivity index (χ2n) is 2.25. The molecule has 0 fully saturated rings. The summed E-state index contributed by atoms with van der Waals surface area (Å²) >= 11 is 0. The maximum atomic E-state index is 10.6. The Morgan fingerprint density at radius 3 is 2.23 bits per heavy atom. The molecule has 0 saturated heterocycles. The van der Waals surface area contributed by atoms with Gasteiger partial charge in [0, 0.05) is 5.56 Å². The van der Waals surface area contributed by atoms with Gasteiger partial charge in [-0.2, -0.15) is 0 Å². The van der Waals surface area contributed by atoms with Crippen molar-refractivity contribution >= 4 is 17.3 Å². The Labute approximate surface area is 72.7 Å². The van der Waals surface area contributed by atoms with Gasteiger partial charge in [0.1, 0.15) is 11.4 Å². The zero-order valence-corrected chi connectivity index (χ0v) is 6.43. The minimum Gasteiger partial charge on any atom is -0.366 e. The van der Waals surface area contributed by atoms with Crippen LogP contribution in [0.15, 0.2) is 28.6 Å². The topological polar surface area (TPSA) is 102 Å². The van der Waals surface area contributed by atoms with Crippen molar-refractivity contribution in [2.45, 2.75) is 0 Å². The first-order valence-corrected chi connectivity index (χ1v) is 3.29. The first kappa shape index (κ1) is 8.98. The first-order valence-electron chi connectivity index (χ1n) is 3.29. The molecule has 0 radical (unpaired) electrons. The maximum Gasteiger partial charge on any atom is 0.248 e. The number of benzene rings is 1. The predicted octanol–water partition coefficient (Wildman–Crippen LogP) is 1.58. The van der Waals surface area contributed by atoms with Crippen LogP contribution < -0.4 is 5.73 Å². The summed E-state index contributed by atoms with van der Waals surface area (Å²) in [6, 6.07) is 3.63. The first-order chi connectivity index (χ1) is 6.19. The average Bonchev–Trinajstić information content (AvgIpc) is 2.16. The number of carbonyl (C=O) groups is 1. The Morgan fingerprint density at radius 1 is 1.15 bits per heavy atom. The van der Waals surface area contributed by atoms with E-state index < -0.39 is 5.91 Å². The zero-order valence-electron chi connectivity index (χ0n) is 6.43. The molecule has 6 heteroatoms. The summed E-state index contributed by atoms with van der Waals surface area (Å²) in [5.41, 5.74) is 4.75. The lowest BCUT2D eigenvalue weighted by Crippen LogP contribution is -2.10. The number of carbonyl (C=O) groups excluding carboxylic acids is 1. The van der Waals surface area contributed by atoms with Gasteiger partial charge in [0.15, 0.2) is 0 Å². The summed E-state index contributed by atoms with van der Waals surface area (Å²) in [5, 5.41) is 5.08. The van der Waals surface area contributed by atoms with Gasteiger partial charge in [0.2, 0.25) is 5.91 Å². The van der Waals surface area contributed by atoms with Crippen LogP contribution in [0.5, 0.6) is 0 Å². The van der Waals surface area contributed by atoms with Crippen LogP contribution in [0.25, 0.3) is 0 Å². The highest BCUT2D eigenvalue weighted by atomic mass is 16.3. The van der Waals surface area contributed by atoms with Gasteiger partial charge < -0.3 is 5.73 Å². The molecule has 0 saturated carbocycles. The number of hydrogen-bond acceptors (Lipinski definition) is 5. The van der Waals surface area contributed by atoms with Crippen molar-refractivity contribution in [3.63, 3.8) is 0 Å². The highest BCUT2D eigenvalue weighted by molar-refractivity contribution is 5.94. The van der Waals surface area contributed by atoms with Crippen molar-refractivity contribution in [1.29, 1.82) is 0 Å². The summed E-state index contributed by atoms with van der Waals surface area (Å²) in [4.78, 5) is 30.9. The van der Waals surface area contributed by atoms with E-state index in [0.29, 0.717) is 0 Å². The molecule has 0 spiro atoms. The van der Waals surface area contributed by atoms with E-state index >= 15 is 0 Å². The number of hydrogen-bond donors (Lipinski definition) is 1. The van der Waals surface area contributed by atoms with Gasteiger partial charge in [-0.25, -0.2) is 0 Å². The second-order valence-corrected chi connectivity index (χ2v) is 2.25. The molecule has 2 N–H and O–H groups in total. The van der Waals surface area contributed by atoms with Crippen molar-refractivity contribution in [2.75, 3.05) is 0 Å². The standard InChI is InChI=1S/C7H5N3O3/c8-7(11)4-1-2-5(9-12)6(3-4)10-13/h1-3H,(H2,8,11). The van der Waals surface area contributed by atoms with Crippen LogP contribution in [0.3, 0.4) is 0 Å². The molecule has 0 unspecified atom stereocenters. The van der Waals surface area contributed by atoms with Gasteiger partial charge in [0.05, 0.1) is 0 Å². The summed E-state index contributed by atoms with van der Waals surface area (Å²) in [7, 11) is 0.